The zero-order valence-electron chi connectivity index (χ0n) is 16.6. The fourth-order valence-electron chi connectivity index (χ4n) is 3.34. The maximum atomic E-state index is 14.5. The molecule has 1 fully saturated rings. The molecular weight excluding hydrogens is 391 g/mol. The van der Waals surface area contributed by atoms with Crippen LogP contribution < -0.4 is 19.7 Å². The van der Waals surface area contributed by atoms with Crippen LogP contribution >= 0.6 is 0 Å². The van der Waals surface area contributed by atoms with Crippen molar-refractivity contribution in [3.63, 3.8) is 0 Å². The van der Waals surface area contributed by atoms with E-state index in [1.54, 1.807) is 44.6 Å². The van der Waals surface area contributed by atoms with Gasteiger partial charge in [0, 0.05) is 24.7 Å². The summed E-state index contributed by atoms with van der Waals surface area (Å²) >= 11 is 0. The third-order valence-corrected chi connectivity index (χ3v) is 4.87. The molecule has 1 aliphatic rings. The van der Waals surface area contributed by atoms with Crippen LogP contribution in [0.1, 0.15) is 18.7 Å². The Morgan fingerprint density at radius 3 is 2.77 bits per heavy atom. The summed E-state index contributed by atoms with van der Waals surface area (Å²) in [6.07, 6.45) is 1.20. The van der Waals surface area contributed by atoms with Gasteiger partial charge in [-0.25, -0.2) is 4.39 Å². The number of hydrogen-bond acceptors (Lipinski definition) is 7. The molecule has 30 heavy (non-hydrogen) atoms. The van der Waals surface area contributed by atoms with Crippen molar-refractivity contribution < 1.29 is 23.2 Å². The number of amides is 1. The average molecular weight is 412 g/mol. The summed E-state index contributed by atoms with van der Waals surface area (Å²) in [6, 6.07) is 9.97. The summed E-state index contributed by atoms with van der Waals surface area (Å²) < 4.78 is 30.3. The van der Waals surface area contributed by atoms with E-state index in [1.807, 2.05) is 0 Å². The van der Waals surface area contributed by atoms with Crippen molar-refractivity contribution in [3.8, 4) is 22.9 Å². The largest absolute Gasteiger partial charge is 0.497 e. The Labute approximate surface area is 172 Å². The molecule has 0 bridgehead atoms. The number of rotatable bonds is 7. The highest BCUT2D eigenvalue weighted by Crippen LogP contribution is 2.32. The van der Waals surface area contributed by atoms with Crippen molar-refractivity contribution in [1.29, 1.82) is 0 Å². The number of nitrogens with one attached hydrogen (secondary N) is 1. The van der Waals surface area contributed by atoms with Crippen LogP contribution in [0.25, 0.3) is 11.4 Å². The number of methoxy groups -OCH3 is 2. The van der Waals surface area contributed by atoms with Crippen LogP contribution in [0.3, 0.4) is 0 Å². The minimum absolute atomic E-state index is 0.0537. The second kappa shape index (κ2) is 8.40. The van der Waals surface area contributed by atoms with Crippen LogP contribution in [0.4, 0.5) is 15.8 Å². The molecule has 1 amide bonds. The van der Waals surface area contributed by atoms with E-state index in [-0.39, 0.29) is 12.5 Å². The van der Waals surface area contributed by atoms with Crippen LogP contribution in [0, 0.1) is 5.82 Å². The Morgan fingerprint density at radius 2 is 2.07 bits per heavy atom. The van der Waals surface area contributed by atoms with Crippen LogP contribution in [0.5, 0.6) is 11.5 Å². The van der Waals surface area contributed by atoms with Crippen molar-refractivity contribution in [1.82, 2.24) is 10.1 Å². The Balaban J connectivity index is 1.45. The number of hydrogen-bond donors (Lipinski definition) is 1. The van der Waals surface area contributed by atoms with Crippen molar-refractivity contribution in [2.75, 3.05) is 31.0 Å². The van der Waals surface area contributed by atoms with E-state index in [2.05, 4.69) is 15.5 Å². The fourth-order valence-corrected chi connectivity index (χ4v) is 3.34. The van der Waals surface area contributed by atoms with Gasteiger partial charge >= 0.3 is 0 Å². The van der Waals surface area contributed by atoms with Crippen LogP contribution in [0.15, 0.2) is 40.9 Å². The standard InChI is InChI=1S/C21H21FN4O4/c1-28-14-6-7-15(18(11-14)29-2)21-24-19(30-25-21)12-23-13-5-8-17(16(22)10-13)26-9-3-4-20(26)27/h5-8,10-11,23H,3-4,9,12H2,1-2H3. The van der Waals surface area contributed by atoms with Gasteiger partial charge in [0.1, 0.15) is 17.3 Å². The highest BCUT2D eigenvalue weighted by atomic mass is 19.1. The molecule has 1 N–H and O–H groups in total. The lowest BCUT2D eigenvalue weighted by molar-refractivity contribution is -0.117. The Kier molecular flexibility index (Phi) is 5.51. The maximum absolute atomic E-state index is 14.5. The Hall–Kier alpha value is -3.62. The smallest absolute Gasteiger partial charge is 0.246 e. The number of nitrogens with zero attached hydrogens (tertiary/aromatic N) is 3. The molecule has 3 aromatic rings. The number of ether oxygens (including phenoxy) is 2. The first-order chi connectivity index (χ1) is 14.6. The second-order valence-corrected chi connectivity index (χ2v) is 6.75. The molecule has 0 unspecified atom stereocenters. The SMILES string of the molecule is COc1ccc(-c2noc(CNc3ccc(N4CCCC4=O)c(F)c3)n2)c(OC)c1. The van der Waals surface area contributed by atoms with Crippen LogP contribution in [-0.4, -0.2) is 36.8 Å². The van der Waals surface area contributed by atoms with Gasteiger partial charge in [0.05, 0.1) is 32.0 Å². The summed E-state index contributed by atoms with van der Waals surface area (Å²) in [5, 5.41) is 7.04. The van der Waals surface area contributed by atoms with Gasteiger partial charge in [-0.1, -0.05) is 5.16 Å². The number of anilines is 2. The van der Waals surface area contributed by atoms with Gasteiger partial charge in [0.15, 0.2) is 0 Å². The molecule has 156 valence electrons. The molecule has 9 heteroatoms. The van der Waals surface area contributed by atoms with Crippen molar-refractivity contribution in [3.05, 3.63) is 48.1 Å². The summed E-state index contributed by atoms with van der Waals surface area (Å²) in [5.74, 6) is 1.42. The molecule has 0 saturated carbocycles. The van der Waals surface area contributed by atoms with E-state index >= 15 is 0 Å². The predicted octanol–water partition coefficient (Wildman–Crippen LogP) is 3.63. The third-order valence-electron chi connectivity index (χ3n) is 4.87. The number of benzene rings is 2. The Bertz CT molecular complexity index is 1070. The van der Waals surface area contributed by atoms with Crippen LogP contribution in [-0.2, 0) is 11.3 Å². The molecular formula is C21H21FN4O4. The minimum Gasteiger partial charge on any atom is -0.497 e. The predicted molar refractivity (Wildman–Crippen MR) is 108 cm³/mol. The van der Waals surface area contributed by atoms with Gasteiger partial charge < -0.3 is 24.2 Å². The van der Waals surface area contributed by atoms with Gasteiger partial charge in [-0.2, -0.15) is 4.98 Å². The lowest BCUT2D eigenvalue weighted by Crippen LogP contribution is -2.24. The van der Waals surface area contributed by atoms with Gasteiger partial charge in [-0.3, -0.25) is 4.79 Å². The normalized spacial score (nSPS) is 13.6. The lowest BCUT2D eigenvalue weighted by atomic mass is 10.2. The quantitative estimate of drug-likeness (QED) is 0.634. The van der Waals surface area contributed by atoms with E-state index in [1.165, 1.54) is 11.0 Å². The van der Waals surface area contributed by atoms with E-state index in [4.69, 9.17) is 14.0 Å². The summed E-state index contributed by atoms with van der Waals surface area (Å²) in [4.78, 5) is 17.7. The van der Waals surface area contributed by atoms with E-state index in [0.717, 1.165) is 6.42 Å². The van der Waals surface area contributed by atoms with Gasteiger partial charge in [0.25, 0.3) is 0 Å². The van der Waals surface area contributed by atoms with Crippen molar-refractivity contribution in [2.45, 2.75) is 19.4 Å². The zero-order chi connectivity index (χ0) is 21.1. The molecule has 0 radical (unpaired) electrons. The molecule has 2 heterocycles. The molecule has 1 aromatic heterocycles. The number of aromatic nitrogens is 2. The highest BCUT2D eigenvalue weighted by molar-refractivity contribution is 5.95. The molecule has 4 rings (SSSR count). The lowest BCUT2D eigenvalue weighted by Gasteiger charge is -2.17. The van der Waals surface area contributed by atoms with Gasteiger partial charge in [-0.05, 0) is 36.8 Å². The fraction of sp³-hybridized carbons (Fsp3) is 0.286. The first-order valence-corrected chi connectivity index (χ1v) is 9.48. The molecule has 1 aliphatic heterocycles. The summed E-state index contributed by atoms with van der Waals surface area (Å²) in [5.41, 5.74) is 1.51. The molecule has 0 spiro atoms. The number of carbonyl (C=O) groups excluding carboxylic acids is 1. The Morgan fingerprint density at radius 1 is 1.20 bits per heavy atom. The summed E-state index contributed by atoms with van der Waals surface area (Å²) in [7, 11) is 3.12. The molecule has 0 aliphatic carbocycles. The monoisotopic (exact) mass is 412 g/mol. The van der Waals surface area contributed by atoms with Crippen molar-refractivity contribution in [2.24, 2.45) is 0 Å². The number of halogens is 1. The third kappa shape index (κ3) is 3.91. The zero-order valence-corrected chi connectivity index (χ0v) is 16.6. The second-order valence-electron chi connectivity index (χ2n) is 6.75. The first-order valence-electron chi connectivity index (χ1n) is 9.48. The van der Waals surface area contributed by atoms with Gasteiger partial charge in [-0.15, -0.1) is 0 Å². The van der Waals surface area contributed by atoms with Crippen molar-refractivity contribution >= 4 is 17.3 Å². The summed E-state index contributed by atoms with van der Waals surface area (Å²) in [6.45, 7) is 0.759. The van der Waals surface area contributed by atoms with E-state index in [0.29, 0.717) is 53.1 Å². The highest BCUT2D eigenvalue weighted by Gasteiger charge is 2.24. The minimum atomic E-state index is -0.454. The van der Waals surface area contributed by atoms with Crippen LogP contribution in [0.2, 0.25) is 0 Å². The number of carbonyl (C=O) groups is 1. The first kappa shape index (κ1) is 19.7. The molecule has 2 aromatic carbocycles. The maximum Gasteiger partial charge on any atom is 0.246 e. The van der Waals surface area contributed by atoms with E-state index < -0.39 is 5.82 Å². The topological polar surface area (TPSA) is 89.7 Å². The van der Waals surface area contributed by atoms with E-state index in [9.17, 15) is 9.18 Å². The van der Waals surface area contributed by atoms with Gasteiger partial charge in [0.2, 0.25) is 17.6 Å². The molecule has 1 saturated heterocycles. The average Bonchev–Trinajstić information content (AvgIpc) is 3.41. The molecule has 8 nitrogen and oxygen atoms in total. The molecule has 0 atom stereocenters.